The smallest absolute Gasteiger partial charge is 0.139 e. The molecule has 68 valence electrons. The molecule has 2 heteroatoms. The molecule has 2 nitrogen and oxygen atoms in total. The van der Waals surface area contributed by atoms with Gasteiger partial charge in [0.15, 0.2) is 0 Å². The number of carbonyl (C=O) groups is 2. The fraction of sp³-hybridized carbons (Fsp3) is 0.800. The highest BCUT2D eigenvalue weighted by molar-refractivity contribution is 5.87. The second-order valence-corrected chi connectivity index (χ2v) is 4.20. The van der Waals surface area contributed by atoms with Crippen LogP contribution in [0, 0.1) is 11.3 Å². The first-order valence-electron chi connectivity index (χ1n) is 4.55. The topological polar surface area (TPSA) is 34.1 Å². The van der Waals surface area contributed by atoms with Crippen LogP contribution in [0.5, 0.6) is 0 Å². The van der Waals surface area contributed by atoms with Gasteiger partial charge in [0.25, 0.3) is 0 Å². The lowest BCUT2D eigenvalue weighted by Crippen LogP contribution is -2.34. The normalized spacial score (nSPS) is 36.5. The predicted molar refractivity (Wildman–Crippen MR) is 46.8 cm³/mol. The number of Topliss-reactive ketones (excluding diaryl/α,β-unsaturated/α-hetero) is 1. The largest absolute Gasteiger partial charge is 0.303 e. The first kappa shape index (κ1) is 9.43. The molecule has 0 saturated heterocycles. The van der Waals surface area contributed by atoms with E-state index in [1.54, 1.807) is 0 Å². The monoisotopic (exact) mass is 168 g/mol. The van der Waals surface area contributed by atoms with Gasteiger partial charge in [-0.1, -0.05) is 13.8 Å². The number of ketones is 1. The van der Waals surface area contributed by atoms with E-state index in [4.69, 9.17) is 0 Å². The van der Waals surface area contributed by atoms with Gasteiger partial charge in [0.2, 0.25) is 0 Å². The van der Waals surface area contributed by atoms with Crippen molar-refractivity contribution in [1.82, 2.24) is 0 Å². The van der Waals surface area contributed by atoms with Gasteiger partial charge in [-0.15, -0.1) is 0 Å². The Hall–Kier alpha value is -0.660. The van der Waals surface area contributed by atoms with Gasteiger partial charge in [0.1, 0.15) is 12.1 Å². The molecule has 0 bridgehead atoms. The summed E-state index contributed by atoms with van der Waals surface area (Å²) in [6.07, 6.45) is 3.89. The third-order valence-electron chi connectivity index (χ3n) is 2.93. The van der Waals surface area contributed by atoms with Crippen molar-refractivity contribution < 1.29 is 9.59 Å². The molecule has 1 rings (SSSR count). The van der Waals surface area contributed by atoms with Crippen molar-refractivity contribution in [1.29, 1.82) is 0 Å². The summed E-state index contributed by atoms with van der Waals surface area (Å²) >= 11 is 0. The summed E-state index contributed by atoms with van der Waals surface area (Å²) in [6.45, 7) is 4.01. The predicted octanol–water partition coefficient (Wildman–Crippen LogP) is 1.97. The Kier molecular flexibility index (Phi) is 2.65. The van der Waals surface area contributed by atoms with Crippen LogP contribution in [0.1, 0.15) is 39.5 Å². The highest BCUT2D eigenvalue weighted by atomic mass is 16.1. The van der Waals surface area contributed by atoms with Crippen LogP contribution >= 0.6 is 0 Å². The molecule has 1 saturated carbocycles. The van der Waals surface area contributed by atoms with Gasteiger partial charge in [0, 0.05) is 18.3 Å². The first-order chi connectivity index (χ1) is 5.58. The van der Waals surface area contributed by atoms with Crippen molar-refractivity contribution in [2.75, 3.05) is 0 Å². The molecule has 2 atom stereocenters. The molecule has 0 aromatic carbocycles. The maximum absolute atomic E-state index is 11.6. The Morgan fingerprint density at radius 2 is 2.33 bits per heavy atom. The van der Waals surface area contributed by atoms with Gasteiger partial charge >= 0.3 is 0 Å². The average Bonchev–Trinajstić information content (AvgIpc) is 1.99. The Morgan fingerprint density at radius 3 is 2.83 bits per heavy atom. The lowest BCUT2D eigenvalue weighted by molar-refractivity contribution is -0.134. The minimum Gasteiger partial charge on any atom is -0.303 e. The summed E-state index contributed by atoms with van der Waals surface area (Å²) in [4.78, 5) is 21.9. The Bertz CT molecular complexity index is 198. The highest BCUT2D eigenvalue weighted by Gasteiger charge is 2.36. The number of hydrogen-bond donors (Lipinski definition) is 0. The second-order valence-electron chi connectivity index (χ2n) is 4.20. The maximum Gasteiger partial charge on any atom is 0.139 e. The van der Waals surface area contributed by atoms with Gasteiger partial charge in [0.05, 0.1) is 0 Å². The molecular weight excluding hydrogens is 152 g/mol. The van der Waals surface area contributed by atoms with Crippen molar-refractivity contribution in [3.05, 3.63) is 0 Å². The summed E-state index contributed by atoms with van der Waals surface area (Å²) in [7, 11) is 0. The molecule has 0 radical (unpaired) electrons. The Balaban J connectivity index is 2.65. The standard InChI is InChI=1S/C10H16O2/c1-8-3-4-10(2,5-6-11)9(12)7-8/h6,8H,3-5,7H2,1-2H3. The van der Waals surface area contributed by atoms with Crippen molar-refractivity contribution in [3.8, 4) is 0 Å². The number of hydrogen-bond acceptors (Lipinski definition) is 2. The molecule has 12 heavy (non-hydrogen) atoms. The quantitative estimate of drug-likeness (QED) is 0.591. The Morgan fingerprint density at radius 1 is 1.67 bits per heavy atom. The van der Waals surface area contributed by atoms with Crippen LogP contribution < -0.4 is 0 Å². The van der Waals surface area contributed by atoms with Crippen molar-refractivity contribution in [2.24, 2.45) is 11.3 Å². The molecule has 0 aromatic rings. The number of rotatable bonds is 2. The third-order valence-corrected chi connectivity index (χ3v) is 2.93. The van der Waals surface area contributed by atoms with E-state index in [1.165, 1.54) is 0 Å². The molecule has 0 heterocycles. The van der Waals surface area contributed by atoms with E-state index < -0.39 is 0 Å². The lowest BCUT2D eigenvalue weighted by Gasteiger charge is -2.33. The maximum atomic E-state index is 11.6. The summed E-state index contributed by atoms with van der Waals surface area (Å²) in [6, 6.07) is 0. The van der Waals surface area contributed by atoms with Crippen LogP contribution in [-0.4, -0.2) is 12.1 Å². The minimum atomic E-state index is -0.339. The van der Waals surface area contributed by atoms with Gasteiger partial charge in [-0.25, -0.2) is 0 Å². The lowest BCUT2D eigenvalue weighted by atomic mass is 9.70. The van der Waals surface area contributed by atoms with Gasteiger partial charge in [-0.05, 0) is 18.8 Å². The zero-order valence-corrected chi connectivity index (χ0v) is 7.80. The van der Waals surface area contributed by atoms with E-state index in [0.717, 1.165) is 19.1 Å². The van der Waals surface area contributed by atoms with Crippen LogP contribution in [-0.2, 0) is 9.59 Å². The van der Waals surface area contributed by atoms with E-state index in [9.17, 15) is 9.59 Å². The molecule has 0 aliphatic heterocycles. The van der Waals surface area contributed by atoms with Crippen LogP contribution in [0.4, 0.5) is 0 Å². The summed E-state index contributed by atoms with van der Waals surface area (Å²) in [5.41, 5.74) is -0.339. The molecule has 0 spiro atoms. The van der Waals surface area contributed by atoms with Gasteiger partial charge < -0.3 is 4.79 Å². The molecule has 1 aliphatic carbocycles. The van der Waals surface area contributed by atoms with Crippen LogP contribution in [0.15, 0.2) is 0 Å². The third kappa shape index (κ3) is 1.74. The molecule has 2 unspecified atom stereocenters. The van der Waals surface area contributed by atoms with Gasteiger partial charge in [-0.3, -0.25) is 4.79 Å². The Labute approximate surface area is 73.3 Å². The van der Waals surface area contributed by atoms with Gasteiger partial charge in [-0.2, -0.15) is 0 Å². The average molecular weight is 168 g/mol. The molecular formula is C10H16O2. The number of carbonyl (C=O) groups excluding carboxylic acids is 2. The van der Waals surface area contributed by atoms with Crippen molar-refractivity contribution in [2.45, 2.75) is 39.5 Å². The van der Waals surface area contributed by atoms with E-state index in [2.05, 4.69) is 6.92 Å². The summed E-state index contributed by atoms with van der Waals surface area (Å²) in [5, 5.41) is 0. The zero-order chi connectivity index (χ0) is 9.19. The van der Waals surface area contributed by atoms with E-state index in [0.29, 0.717) is 18.8 Å². The van der Waals surface area contributed by atoms with Crippen LogP contribution in [0.3, 0.4) is 0 Å². The van der Waals surface area contributed by atoms with E-state index in [1.807, 2.05) is 6.92 Å². The summed E-state index contributed by atoms with van der Waals surface area (Å²) < 4.78 is 0. The van der Waals surface area contributed by atoms with Crippen LogP contribution in [0.2, 0.25) is 0 Å². The molecule has 1 fully saturated rings. The minimum absolute atomic E-state index is 0.272. The molecule has 0 aromatic heterocycles. The van der Waals surface area contributed by atoms with Crippen molar-refractivity contribution >= 4 is 12.1 Å². The number of aldehydes is 1. The fourth-order valence-corrected chi connectivity index (χ4v) is 1.77. The summed E-state index contributed by atoms with van der Waals surface area (Å²) in [5.74, 6) is 0.783. The second kappa shape index (κ2) is 3.38. The SMILES string of the molecule is CC1CCC(C)(CC=O)C(=O)C1. The van der Waals surface area contributed by atoms with E-state index in [-0.39, 0.29) is 11.2 Å². The highest BCUT2D eigenvalue weighted by Crippen LogP contribution is 2.37. The van der Waals surface area contributed by atoms with E-state index >= 15 is 0 Å². The zero-order valence-electron chi connectivity index (χ0n) is 7.80. The molecule has 0 amide bonds. The van der Waals surface area contributed by atoms with Crippen molar-refractivity contribution in [3.63, 3.8) is 0 Å². The fourth-order valence-electron chi connectivity index (χ4n) is 1.77. The molecule has 0 N–H and O–H groups in total. The van der Waals surface area contributed by atoms with Crippen LogP contribution in [0.25, 0.3) is 0 Å². The first-order valence-corrected chi connectivity index (χ1v) is 4.55. The molecule has 1 aliphatic rings.